The molecule has 3 heterocycles. The summed E-state index contributed by atoms with van der Waals surface area (Å²) in [5, 5.41) is 26.4. The molecule has 1 saturated heterocycles. The van der Waals surface area contributed by atoms with Crippen LogP contribution in [0.15, 0.2) is 247 Å². The highest BCUT2D eigenvalue weighted by Crippen LogP contribution is 2.40. The first-order valence-corrected chi connectivity index (χ1v) is 26.4. The van der Waals surface area contributed by atoms with E-state index in [1.54, 1.807) is 36.4 Å². The van der Waals surface area contributed by atoms with Crippen molar-refractivity contribution in [3.8, 4) is 44.8 Å². The molecule has 0 N–H and O–H groups in total. The molecule has 0 atom stereocenters. The zero-order valence-corrected chi connectivity index (χ0v) is 44.9. The van der Waals surface area contributed by atoms with Crippen molar-refractivity contribution in [2.75, 3.05) is 0 Å². The molecule has 2 aromatic heterocycles. The standard InChI is InChI=1S/C30H28BNO2.C30H20N2O2.C6H4BrNO2/c1-29(2)30(3,4)34-31(33-29)23-16-19-28-26(20-23)25-12-8-9-13-27(25)32(28)24-17-14-22(15-18-24)21-10-6-5-7-11-21;33-32(34)30-13-7-4-10-25(30)23-16-19-29-27(20-23)26-11-5-6-12-28(26)31(29)24-17-14-22(15-18-24)21-8-2-1-3-9-21;7-5-3-1-2-4-6(5)8(9)10/h5-20H,1-4H3;1-20H;1-4H. The second-order valence-corrected chi connectivity index (χ2v) is 21.0. The minimum atomic E-state index is -0.427. The number of benzene rings is 10. The number of nitro benzene ring substituents is 2. The third-order valence-electron chi connectivity index (χ3n) is 14.8. The Hall–Kier alpha value is -8.94. The summed E-state index contributed by atoms with van der Waals surface area (Å²) in [6.07, 6.45) is 0. The Balaban J connectivity index is 0.000000141. The minimum Gasteiger partial charge on any atom is -0.399 e. The summed E-state index contributed by atoms with van der Waals surface area (Å²) < 4.78 is 17.8. The Kier molecular flexibility index (Phi) is 13.9. The van der Waals surface area contributed by atoms with E-state index in [1.807, 2.05) is 48.5 Å². The molecule has 12 aromatic rings. The molecule has 0 spiro atoms. The smallest absolute Gasteiger partial charge is 0.399 e. The van der Waals surface area contributed by atoms with Crippen LogP contribution in [-0.2, 0) is 9.31 Å². The van der Waals surface area contributed by atoms with Crippen molar-refractivity contribution < 1.29 is 19.2 Å². The summed E-state index contributed by atoms with van der Waals surface area (Å²) in [5.41, 5.74) is 13.6. The van der Waals surface area contributed by atoms with E-state index in [0.717, 1.165) is 44.2 Å². The number of aromatic nitrogens is 2. The van der Waals surface area contributed by atoms with Gasteiger partial charge in [0.25, 0.3) is 11.4 Å². The van der Waals surface area contributed by atoms with Crippen LogP contribution in [-0.4, -0.2) is 37.3 Å². The summed E-state index contributed by atoms with van der Waals surface area (Å²) in [4.78, 5) is 21.0. The van der Waals surface area contributed by atoms with E-state index in [2.05, 4.69) is 204 Å². The Morgan fingerprint density at radius 1 is 0.397 bits per heavy atom. The van der Waals surface area contributed by atoms with Gasteiger partial charge in [0, 0.05) is 45.1 Å². The van der Waals surface area contributed by atoms with Gasteiger partial charge in [-0.15, -0.1) is 0 Å². The van der Waals surface area contributed by atoms with Crippen molar-refractivity contribution in [3.63, 3.8) is 0 Å². The van der Waals surface area contributed by atoms with Crippen LogP contribution in [0.3, 0.4) is 0 Å². The van der Waals surface area contributed by atoms with Crippen LogP contribution in [0.2, 0.25) is 0 Å². The summed E-state index contributed by atoms with van der Waals surface area (Å²) in [7, 11) is -0.373. The highest BCUT2D eigenvalue weighted by molar-refractivity contribution is 9.10. The summed E-state index contributed by atoms with van der Waals surface area (Å²) in [6, 6.07) is 81.1. The van der Waals surface area contributed by atoms with E-state index in [1.165, 1.54) is 50.1 Å². The van der Waals surface area contributed by atoms with E-state index in [0.29, 0.717) is 10.0 Å². The fourth-order valence-electron chi connectivity index (χ4n) is 10.2. The highest BCUT2D eigenvalue weighted by atomic mass is 79.9. The number of para-hydroxylation sites is 4. The predicted octanol–water partition coefficient (Wildman–Crippen LogP) is 17.1. The molecule has 0 aliphatic carbocycles. The summed E-state index contributed by atoms with van der Waals surface area (Å²) >= 11 is 3.06. The third kappa shape index (κ3) is 9.89. The van der Waals surface area contributed by atoms with Gasteiger partial charge in [0.05, 0.1) is 53.2 Å². The first kappa shape index (κ1) is 51.2. The fraction of sp³-hybridized carbons (Fsp3) is 0.0909. The number of hydrogen-bond acceptors (Lipinski definition) is 6. The quantitative estimate of drug-likeness (QED) is 0.0850. The van der Waals surface area contributed by atoms with Gasteiger partial charge in [-0.2, -0.15) is 0 Å². The Morgan fingerprint density at radius 3 is 1.27 bits per heavy atom. The van der Waals surface area contributed by atoms with Gasteiger partial charge in [0.1, 0.15) is 0 Å². The van der Waals surface area contributed by atoms with E-state index < -0.39 is 4.92 Å². The number of hydrogen-bond donors (Lipinski definition) is 0. The summed E-state index contributed by atoms with van der Waals surface area (Å²) in [6.45, 7) is 8.38. The monoisotopic (exact) mass is 1090 g/mol. The van der Waals surface area contributed by atoms with E-state index in [9.17, 15) is 20.2 Å². The lowest BCUT2D eigenvalue weighted by Crippen LogP contribution is -2.41. The highest BCUT2D eigenvalue weighted by Gasteiger charge is 2.51. The Morgan fingerprint density at radius 2 is 0.782 bits per heavy atom. The van der Waals surface area contributed by atoms with Gasteiger partial charge in [-0.1, -0.05) is 164 Å². The molecular weight excluding hydrogens is 1040 g/mol. The molecule has 12 heteroatoms. The van der Waals surface area contributed by atoms with Gasteiger partial charge in [0.2, 0.25) is 0 Å². The van der Waals surface area contributed by atoms with Gasteiger partial charge in [-0.25, -0.2) is 0 Å². The molecule has 1 aliphatic rings. The Labute approximate surface area is 460 Å². The van der Waals surface area contributed by atoms with E-state index in [4.69, 9.17) is 9.31 Å². The lowest BCUT2D eigenvalue weighted by molar-refractivity contribution is -0.385. The van der Waals surface area contributed by atoms with Crippen LogP contribution in [0.4, 0.5) is 11.4 Å². The van der Waals surface area contributed by atoms with Crippen molar-refractivity contribution in [3.05, 3.63) is 267 Å². The number of nitrogens with zero attached hydrogens (tertiary/aromatic N) is 4. The molecule has 1 fully saturated rings. The van der Waals surface area contributed by atoms with Crippen molar-refractivity contribution in [2.24, 2.45) is 0 Å². The molecule has 0 saturated carbocycles. The van der Waals surface area contributed by atoms with Gasteiger partial charge in [-0.05, 0) is 144 Å². The van der Waals surface area contributed by atoms with E-state index in [-0.39, 0.29) is 34.6 Å². The van der Waals surface area contributed by atoms with Gasteiger partial charge in [0.15, 0.2) is 0 Å². The van der Waals surface area contributed by atoms with E-state index >= 15 is 0 Å². The van der Waals surface area contributed by atoms with Crippen LogP contribution < -0.4 is 5.46 Å². The maximum absolute atomic E-state index is 11.6. The van der Waals surface area contributed by atoms with Crippen molar-refractivity contribution in [1.82, 2.24) is 9.13 Å². The van der Waals surface area contributed by atoms with Crippen LogP contribution in [0.25, 0.3) is 88.4 Å². The first-order valence-electron chi connectivity index (χ1n) is 25.6. The molecule has 10 nitrogen and oxygen atoms in total. The molecule has 0 unspecified atom stereocenters. The largest absolute Gasteiger partial charge is 0.494 e. The first-order chi connectivity index (χ1) is 37.8. The molecule has 10 aromatic carbocycles. The average molecular weight is 1090 g/mol. The fourth-order valence-corrected chi connectivity index (χ4v) is 10.6. The molecule has 78 heavy (non-hydrogen) atoms. The second kappa shape index (κ2) is 21.2. The lowest BCUT2D eigenvalue weighted by atomic mass is 9.78. The predicted molar refractivity (Wildman–Crippen MR) is 321 cm³/mol. The maximum Gasteiger partial charge on any atom is 0.494 e. The number of halogens is 1. The van der Waals surface area contributed by atoms with Crippen LogP contribution in [0, 0.1) is 20.2 Å². The number of rotatable bonds is 8. The van der Waals surface area contributed by atoms with Gasteiger partial charge < -0.3 is 18.4 Å². The molecule has 382 valence electrons. The SMILES string of the molecule is CC1(C)OB(c2ccc3c(c2)c2ccccc2n3-c2ccc(-c3ccccc3)cc2)OC1(C)C.O=[N+]([O-])c1ccccc1-c1ccc2c(c1)c1ccccc1n2-c1ccc(-c2ccccc2)cc1.O=[N+]([O-])c1ccccc1Br. The molecule has 0 amide bonds. The zero-order chi connectivity index (χ0) is 54.1. The van der Waals surface area contributed by atoms with Crippen LogP contribution in [0.5, 0.6) is 0 Å². The van der Waals surface area contributed by atoms with Gasteiger partial charge >= 0.3 is 7.12 Å². The minimum absolute atomic E-state index is 0.0995. The Bertz CT molecular complexity index is 4160. The zero-order valence-electron chi connectivity index (χ0n) is 43.3. The molecule has 13 rings (SSSR count). The number of nitro groups is 2. The number of fused-ring (bicyclic) bond motifs is 6. The molecule has 1 aliphatic heterocycles. The maximum atomic E-state index is 11.6. The van der Waals surface area contributed by atoms with Gasteiger partial charge in [-0.3, -0.25) is 20.2 Å². The van der Waals surface area contributed by atoms with Crippen LogP contribution >= 0.6 is 15.9 Å². The van der Waals surface area contributed by atoms with Crippen molar-refractivity contribution >= 4 is 83.5 Å². The molecule has 0 radical (unpaired) electrons. The second-order valence-electron chi connectivity index (χ2n) is 20.1. The van der Waals surface area contributed by atoms with Crippen LogP contribution in [0.1, 0.15) is 27.7 Å². The summed E-state index contributed by atoms with van der Waals surface area (Å²) in [5.74, 6) is 0. The third-order valence-corrected chi connectivity index (χ3v) is 15.5. The molecule has 0 bridgehead atoms. The lowest BCUT2D eigenvalue weighted by Gasteiger charge is -2.32. The average Bonchev–Trinajstić information content (AvgIpc) is 4.25. The normalized spacial score (nSPS) is 13.5. The topological polar surface area (TPSA) is 115 Å². The van der Waals surface area contributed by atoms with Crippen molar-refractivity contribution in [2.45, 2.75) is 38.9 Å². The molecular formula is C66H52BBrN4O6. The van der Waals surface area contributed by atoms with Crippen molar-refractivity contribution in [1.29, 1.82) is 0 Å².